The zero-order valence-electron chi connectivity index (χ0n) is 19.0. The molecule has 0 bridgehead atoms. The van der Waals surface area contributed by atoms with Gasteiger partial charge in [0, 0.05) is 30.0 Å². The topological polar surface area (TPSA) is 97.0 Å². The predicted molar refractivity (Wildman–Crippen MR) is 135 cm³/mol. The van der Waals surface area contributed by atoms with Gasteiger partial charge in [-0.05, 0) is 55.0 Å². The summed E-state index contributed by atoms with van der Waals surface area (Å²) in [6, 6.07) is 18.7. The number of nitrogens with zero attached hydrogens (tertiary/aromatic N) is 1. The molecule has 1 fully saturated rings. The van der Waals surface area contributed by atoms with E-state index in [1.54, 1.807) is 65.6 Å². The molecule has 8 nitrogen and oxygen atoms in total. The summed E-state index contributed by atoms with van der Waals surface area (Å²) in [5.41, 5.74) is 2.06. The third kappa shape index (κ3) is 5.91. The van der Waals surface area contributed by atoms with E-state index in [-0.39, 0.29) is 23.8 Å². The standard InChI is InChI=1S/C26H24ClN3O5/c1-34-23-12-11-18(15-21(23)27)28-24(31)16-35-22-9-3-2-8-20(22)26(33)29-17-6-4-7-19(14-17)30-13-5-10-25(30)32/h2-4,6-9,11-12,14-15H,5,10,13,16H2,1H3,(H,28,31)(H,29,33). The summed E-state index contributed by atoms with van der Waals surface area (Å²) in [6.07, 6.45) is 1.35. The molecular formula is C26H24ClN3O5. The van der Waals surface area contributed by atoms with Crippen molar-refractivity contribution in [3.8, 4) is 11.5 Å². The molecule has 4 rings (SSSR count). The fraction of sp³-hybridized carbons (Fsp3) is 0.192. The van der Waals surface area contributed by atoms with Crippen LogP contribution >= 0.6 is 11.6 Å². The normalized spacial score (nSPS) is 12.9. The van der Waals surface area contributed by atoms with E-state index >= 15 is 0 Å². The number of benzene rings is 3. The minimum atomic E-state index is -0.413. The number of hydrogen-bond acceptors (Lipinski definition) is 5. The largest absolute Gasteiger partial charge is 0.495 e. The molecule has 0 spiro atoms. The molecule has 1 saturated heterocycles. The second-order valence-corrected chi connectivity index (χ2v) is 8.24. The summed E-state index contributed by atoms with van der Waals surface area (Å²) >= 11 is 6.09. The zero-order valence-corrected chi connectivity index (χ0v) is 19.8. The Kier molecular flexibility index (Phi) is 7.52. The van der Waals surface area contributed by atoms with Crippen LogP contribution in [0.25, 0.3) is 0 Å². The third-order valence-electron chi connectivity index (χ3n) is 5.42. The van der Waals surface area contributed by atoms with Gasteiger partial charge in [-0.2, -0.15) is 0 Å². The van der Waals surface area contributed by atoms with Gasteiger partial charge in [0.2, 0.25) is 5.91 Å². The zero-order chi connectivity index (χ0) is 24.8. The van der Waals surface area contributed by atoms with E-state index in [4.69, 9.17) is 21.1 Å². The van der Waals surface area contributed by atoms with Crippen molar-refractivity contribution in [1.29, 1.82) is 0 Å². The van der Waals surface area contributed by atoms with E-state index in [0.717, 1.165) is 12.1 Å². The van der Waals surface area contributed by atoms with Crippen molar-refractivity contribution in [2.45, 2.75) is 12.8 Å². The van der Waals surface area contributed by atoms with Crippen molar-refractivity contribution in [3.05, 3.63) is 77.3 Å². The van der Waals surface area contributed by atoms with Crippen molar-refractivity contribution in [3.63, 3.8) is 0 Å². The molecule has 9 heteroatoms. The number of amides is 3. The minimum absolute atomic E-state index is 0.0717. The SMILES string of the molecule is COc1ccc(NC(=O)COc2ccccc2C(=O)Nc2cccc(N3CCCC3=O)c2)cc1Cl. The highest BCUT2D eigenvalue weighted by molar-refractivity contribution is 6.32. The molecular weight excluding hydrogens is 470 g/mol. The smallest absolute Gasteiger partial charge is 0.262 e. The van der Waals surface area contributed by atoms with E-state index in [9.17, 15) is 14.4 Å². The first-order valence-corrected chi connectivity index (χ1v) is 11.4. The molecule has 0 saturated carbocycles. The van der Waals surface area contributed by atoms with Crippen LogP contribution < -0.4 is 25.0 Å². The van der Waals surface area contributed by atoms with E-state index < -0.39 is 11.8 Å². The van der Waals surface area contributed by atoms with Crippen LogP contribution in [0.2, 0.25) is 5.02 Å². The third-order valence-corrected chi connectivity index (χ3v) is 5.71. The molecule has 0 atom stereocenters. The Hall–Kier alpha value is -4.04. The molecule has 3 aromatic rings. The summed E-state index contributed by atoms with van der Waals surface area (Å²) in [6.45, 7) is 0.359. The fourth-order valence-corrected chi connectivity index (χ4v) is 3.99. The van der Waals surface area contributed by atoms with E-state index in [2.05, 4.69) is 10.6 Å². The van der Waals surface area contributed by atoms with E-state index in [1.165, 1.54) is 7.11 Å². The highest BCUT2D eigenvalue weighted by Gasteiger charge is 2.22. The lowest BCUT2D eigenvalue weighted by molar-refractivity contribution is -0.118. The van der Waals surface area contributed by atoms with Gasteiger partial charge in [0.15, 0.2) is 6.61 Å². The number of halogens is 1. The monoisotopic (exact) mass is 493 g/mol. The van der Waals surface area contributed by atoms with E-state index in [0.29, 0.717) is 35.1 Å². The van der Waals surface area contributed by atoms with Crippen LogP contribution in [-0.2, 0) is 9.59 Å². The Morgan fingerprint density at radius 3 is 2.51 bits per heavy atom. The molecule has 1 heterocycles. The van der Waals surface area contributed by atoms with Crippen molar-refractivity contribution in [1.82, 2.24) is 0 Å². The first-order chi connectivity index (χ1) is 16.9. The average Bonchev–Trinajstić information content (AvgIpc) is 3.29. The molecule has 3 amide bonds. The second kappa shape index (κ2) is 10.9. The highest BCUT2D eigenvalue weighted by atomic mass is 35.5. The molecule has 0 unspecified atom stereocenters. The number of ether oxygens (including phenoxy) is 2. The van der Waals surface area contributed by atoms with Crippen LogP contribution in [0.1, 0.15) is 23.2 Å². The number of hydrogen-bond donors (Lipinski definition) is 2. The number of rotatable bonds is 8. The number of para-hydroxylation sites is 1. The summed E-state index contributed by atoms with van der Waals surface area (Å²) in [5, 5.41) is 5.90. The molecule has 2 N–H and O–H groups in total. The highest BCUT2D eigenvalue weighted by Crippen LogP contribution is 2.28. The van der Waals surface area contributed by atoms with Crippen LogP contribution in [0, 0.1) is 0 Å². The molecule has 180 valence electrons. The van der Waals surface area contributed by atoms with Crippen molar-refractivity contribution in [2.75, 3.05) is 35.8 Å². The van der Waals surface area contributed by atoms with Gasteiger partial charge in [-0.1, -0.05) is 29.8 Å². The van der Waals surface area contributed by atoms with Crippen molar-refractivity contribution in [2.24, 2.45) is 0 Å². The lowest BCUT2D eigenvalue weighted by Gasteiger charge is -2.17. The van der Waals surface area contributed by atoms with Gasteiger partial charge in [-0.25, -0.2) is 0 Å². The van der Waals surface area contributed by atoms with Gasteiger partial charge in [0.05, 0.1) is 17.7 Å². The molecule has 0 radical (unpaired) electrons. The van der Waals surface area contributed by atoms with Crippen LogP contribution in [0.5, 0.6) is 11.5 Å². The maximum absolute atomic E-state index is 13.0. The molecule has 3 aromatic carbocycles. The Morgan fingerprint density at radius 2 is 1.77 bits per heavy atom. The molecule has 0 aliphatic carbocycles. The lowest BCUT2D eigenvalue weighted by atomic mass is 10.1. The van der Waals surface area contributed by atoms with Crippen LogP contribution in [-0.4, -0.2) is 38.0 Å². The number of anilines is 3. The van der Waals surface area contributed by atoms with E-state index in [1.807, 2.05) is 6.07 Å². The summed E-state index contributed by atoms with van der Waals surface area (Å²) in [5.74, 6) is 0.0249. The average molecular weight is 494 g/mol. The van der Waals surface area contributed by atoms with Crippen LogP contribution in [0.15, 0.2) is 66.7 Å². The Bertz CT molecular complexity index is 1260. The molecule has 35 heavy (non-hydrogen) atoms. The summed E-state index contributed by atoms with van der Waals surface area (Å²) < 4.78 is 10.7. The number of methoxy groups -OCH3 is 1. The second-order valence-electron chi connectivity index (χ2n) is 7.84. The van der Waals surface area contributed by atoms with Gasteiger partial charge in [-0.15, -0.1) is 0 Å². The quantitative estimate of drug-likeness (QED) is 0.472. The van der Waals surface area contributed by atoms with Crippen LogP contribution in [0.4, 0.5) is 17.1 Å². The van der Waals surface area contributed by atoms with Crippen LogP contribution in [0.3, 0.4) is 0 Å². The maximum atomic E-state index is 13.0. The minimum Gasteiger partial charge on any atom is -0.495 e. The van der Waals surface area contributed by atoms with Gasteiger partial charge >= 0.3 is 0 Å². The van der Waals surface area contributed by atoms with Gasteiger partial charge in [0.1, 0.15) is 11.5 Å². The van der Waals surface area contributed by atoms with Crippen molar-refractivity contribution >= 4 is 46.4 Å². The Morgan fingerprint density at radius 1 is 0.971 bits per heavy atom. The lowest BCUT2D eigenvalue weighted by Crippen LogP contribution is -2.24. The molecule has 0 aromatic heterocycles. The number of nitrogens with one attached hydrogen (secondary N) is 2. The maximum Gasteiger partial charge on any atom is 0.262 e. The number of carbonyl (C=O) groups is 3. The molecule has 1 aliphatic heterocycles. The first-order valence-electron chi connectivity index (χ1n) is 11.0. The van der Waals surface area contributed by atoms with Crippen molar-refractivity contribution < 1.29 is 23.9 Å². The van der Waals surface area contributed by atoms with Gasteiger partial charge in [0.25, 0.3) is 11.8 Å². The summed E-state index contributed by atoms with van der Waals surface area (Å²) in [7, 11) is 1.51. The predicted octanol–water partition coefficient (Wildman–Crippen LogP) is 4.75. The fourth-order valence-electron chi connectivity index (χ4n) is 3.74. The Labute approximate surface area is 207 Å². The van der Waals surface area contributed by atoms with Gasteiger partial charge in [-0.3, -0.25) is 14.4 Å². The van der Waals surface area contributed by atoms with Gasteiger partial charge < -0.3 is 25.0 Å². The first kappa shape index (κ1) is 24.1. The molecule has 1 aliphatic rings. The number of carbonyl (C=O) groups excluding carboxylic acids is 3. The Balaban J connectivity index is 1.40. The summed E-state index contributed by atoms with van der Waals surface area (Å²) in [4.78, 5) is 39.1.